The van der Waals surface area contributed by atoms with Crippen LogP contribution < -0.4 is 14.8 Å². The number of carbonyl (C=O) groups is 1. The Hall–Kier alpha value is -2.25. The zero-order chi connectivity index (χ0) is 17.3. The molecule has 1 amide bonds. The number of rotatable bonds is 4. The molecule has 1 aliphatic heterocycles. The molecule has 0 atom stereocenters. The normalized spacial score (nSPS) is 13.7. The second-order valence-corrected chi connectivity index (χ2v) is 7.33. The molecule has 2 aromatic rings. The first-order valence-electron chi connectivity index (χ1n) is 7.27. The highest BCUT2D eigenvalue weighted by Gasteiger charge is 2.24. The van der Waals surface area contributed by atoms with Crippen molar-refractivity contribution in [3.05, 3.63) is 47.0 Å². The Morgan fingerprint density at radius 2 is 1.96 bits per heavy atom. The van der Waals surface area contributed by atoms with Crippen LogP contribution in [0, 0.1) is 0 Å². The number of hydrogen-bond acceptors (Lipinski definition) is 4. The van der Waals surface area contributed by atoms with E-state index in [9.17, 15) is 13.2 Å². The van der Waals surface area contributed by atoms with E-state index in [0.717, 1.165) is 12.0 Å². The summed E-state index contributed by atoms with van der Waals surface area (Å²) >= 11 is 6.08. The largest absolute Gasteiger partial charge is 0.482 e. The summed E-state index contributed by atoms with van der Waals surface area (Å²) < 4.78 is 32.9. The Balaban J connectivity index is 1.93. The molecule has 8 heteroatoms. The topological polar surface area (TPSA) is 84.5 Å². The quantitative estimate of drug-likeness (QED) is 0.871. The predicted octanol–water partition coefficient (Wildman–Crippen LogP) is 3.03. The van der Waals surface area contributed by atoms with Crippen LogP contribution in [0.4, 0.5) is 11.4 Å². The fourth-order valence-electron chi connectivity index (χ4n) is 2.31. The molecule has 24 heavy (non-hydrogen) atoms. The van der Waals surface area contributed by atoms with Crippen molar-refractivity contribution in [1.29, 1.82) is 0 Å². The fraction of sp³-hybridized carbons (Fsp3) is 0.188. The van der Waals surface area contributed by atoms with E-state index < -0.39 is 10.0 Å². The summed E-state index contributed by atoms with van der Waals surface area (Å²) in [6, 6.07) is 9.76. The smallest absolute Gasteiger partial charge is 0.263 e. The molecule has 1 aliphatic rings. The van der Waals surface area contributed by atoms with Crippen molar-refractivity contribution in [2.24, 2.45) is 0 Å². The highest BCUT2D eigenvalue weighted by atomic mass is 35.5. The van der Waals surface area contributed by atoms with Gasteiger partial charge in [-0.25, -0.2) is 8.42 Å². The lowest BCUT2D eigenvalue weighted by molar-refractivity contribution is -0.118. The standard InChI is InChI=1S/C16H15ClN2O4S/c1-2-10-3-5-11(6-4-10)19-24(21,22)15-8-14-13(7-12(15)17)18-16(20)9-23-14/h3-8,19H,2,9H2,1H3,(H,18,20). The van der Waals surface area contributed by atoms with Gasteiger partial charge in [-0.2, -0.15) is 0 Å². The van der Waals surface area contributed by atoms with Crippen molar-refractivity contribution in [3.63, 3.8) is 0 Å². The van der Waals surface area contributed by atoms with E-state index in [1.165, 1.54) is 12.1 Å². The number of ether oxygens (including phenoxy) is 1. The molecule has 0 aromatic heterocycles. The summed E-state index contributed by atoms with van der Waals surface area (Å²) in [5.74, 6) is -0.0518. The van der Waals surface area contributed by atoms with Crippen molar-refractivity contribution in [1.82, 2.24) is 0 Å². The highest BCUT2D eigenvalue weighted by molar-refractivity contribution is 7.92. The molecule has 0 spiro atoms. The fourth-order valence-corrected chi connectivity index (χ4v) is 3.91. The van der Waals surface area contributed by atoms with Crippen LogP contribution in [-0.4, -0.2) is 20.9 Å². The first-order chi connectivity index (χ1) is 11.4. The number of halogens is 1. The van der Waals surface area contributed by atoms with Crippen molar-refractivity contribution in [2.45, 2.75) is 18.2 Å². The maximum absolute atomic E-state index is 12.6. The summed E-state index contributed by atoms with van der Waals surface area (Å²) in [5.41, 5.74) is 1.90. The molecule has 0 unspecified atom stereocenters. The number of sulfonamides is 1. The maximum Gasteiger partial charge on any atom is 0.263 e. The number of nitrogens with one attached hydrogen (secondary N) is 2. The Labute approximate surface area is 144 Å². The first kappa shape index (κ1) is 16.6. The van der Waals surface area contributed by atoms with Crippen LogP contribution >= 0.6 is 11.6 Å². The van der Waals surface area contributed by atoms with Gasteiger partial charge in [0.05, 0.1) is 10.7 Å². The van der Waals surface area contributed by atoms with Gasteiger partial charge in [-0.1, -0.05) is 30.7 Å². The van der Waals surface area contributed by atoms with Gasteiger partial charge in [0.15, 0.2) is 6.61 Å². The predicted molar refractivity (Wildman–Crippen MR) is 92.2 cm³/mol. The molecule has 0 saturated carbocycles. The lowest BCUT2D eigenvalue weighted by atomic mass is 10.2. The molecule has 2 N–H and O–H groups in total. The van der Waals surface area contributed by atoms with Gasteiger partial charge in [-0.05, 0) is 30.2 Å². The molecule has 2 aromatic carbocycles. The first-order valence-corrected chi connectivity index (χ1v) is 9.13. The lowest BCUT2D eigenvalue weighted by Crippen LogP contribution is -2.25. The molecule has 6 nitrogen and oxygen atoms in total. The number of benzene rings is 2. The van der Waals surface area contributed by atoms with Crippen molar-refractivity contribution in [2.75, 3.05) is 16.6 Å². The minimum absolute atomic E-state index is 0.00257. The highest BCUT2D eigenvalue weighted by Crippen LogP contribution is 2.36. The number of hydrogen-bond donors (Lipinski definition) is 2. The summed E-state index contributed by atoms with van der Waals surface area (Å²) in [6.07, 6.45) is 0.868. The number of aryl methyl sites for hydroxylation is 1. The van der Waals surface area contributed by atoms with Crippen molar-refractivity contribution < 1.29 is 17.9 Å². The SMILES string of the molecule is CCc1ccc(NS(=O)(=O)c2cc3c(cc2Cl)NC(=O)CO3)cc1. The van der Waals surface area contributed by atoms with Gasteiger partial charge in [0.2, 0.25) is 0 Å². The minimum atomic E-state index is -3.89. The molecule has 0 aliphatic carbocycles. The van der Waals surface area contributed by atoms with Crippen LogP contribution in [0.15, 0.2) is 41.3 Å². The van der Waals surface area contributed by atoms with Crippen LogP contribution in [0.1, 0.15) is 12.5 Å². The average molecular weight is 367 g/mol. The van der Waals surface area contributed by atoms with Crippen LogP contribution in [0.3, 0.4) is 0 Å². The third-order valence-corrected chi connectivity index (χ3v) is 5.42. The van der Waals surface area contributed by atoms with E-state index in [1.54, 1.807) is 12.1 Å². The van der Waals surface area contributed by atoms with Crippen LogP contribution in [0.2, 0.25) is 5.02 Å². The van der Waals surface area contributed by atoms with Gasteiger partial charge < -0.3 is 10.1 Å². The van der Waals surface area contributed by atoms with Crippen molar-refractivity contribution >= 4 is 38.9 Å². The monoisotopic (exact) mass is 366 g/mol. The van der Waals surface area contributed by atoms with Gasteiger partial charge in [0.1, 0.15) is 10.6 Å². The third kappa shape index (κ3) is 3.32. The van der Waals surface area contributed by atoms with Crippen LogP contribution in [0.25, 0.3) is 0 Å². The van der Waals surface area contributed by atoms with Crippen LogP contribution in [0.5, 0.6) is 5.75 Å². The zero-order valence-corrected chi connectivity index (χ0v) is 14.4. The molecule has 1 heterocycles. The number of fused-ring (bicyclic) bond motifs is 1. The molecule has 0 radical (unpaired) electrons. The molecule has 0 bridgehead atoms. The summed E-state index contributed by atoms with van der Waals surface area (Å²) in [7, 11) is -3.89. The minimum Gasteiger partial charge on any atom is -0.482 e. The van der Waals surface area contributed by atoms with E-state index in [-0.39, 0.29) is 28.2 Å². The molecular formula is C16H15ClN2O4S. The number of carbonyl (C=O) groups excluding carboxylic acids is 1. The molecular weight excluding hydrogens is 352 g/mol. The summed E-state index contributed by atoms with van der Waals surface area (Å²) in [6.45, 7) is 1.85. The van der Waals surface area contributed by atoms with E-state index in [0.29, 0.717) is 11.4 Å². The second-order valence-electron chi connectivity index (χ2n) is 5.27. The number of anilines is 2. The third-order valence-electron chi connectivity index (χ3n) is 3.57. The second kappa shape index (κ2) is 6.33. The van der Waals surface area contributed by atoms with Gasteiger partial charge >= 0.3 is 0 Å². The summed E-state index contributed by atoms with van der Waals surface area (Å²) in [4.78, 5) is 11.2. The molecule has 0 saturated heterocycles. The van der Waals surface area contributed by atoms with E-state index >= 15 is 0 Å². The van der Waals surface area contributed by atoms with Crippen molar-refractivity contribution in [3.8, 4) is 5.75 Å². The Bertz CT molecular complexity index is 895. The van der Waals surface area contributed by atoms with Gasteiger partial charge in [0.25, 0.3) is 15.9 Å². The van der Waals surface area contributed by atoms with E-state index in [4.69, 9.17) is 16.3 Å². The maximum atomic E-state index is 12.6. The van der Waals surface area contributed by atoms with Gasteiger partial charge in [0, 0.05) is 11.8 Å². The van der Waals surface area contributed by atoms with E-state index in [2.05, 4.69) is 10.0 Å². The zero-order valence-electron chi connectivity index (χ0n) is 12.8. The Morgan fingerprint density at radius 1 is 1.25 bits per heavy atom. The Morgan fingerprint density at radius 3 is 2.62 bits per heavy atom. The van der Waals surface area contributed by atoms with Crippen LogP contribution in [-0.2, 0) is 21.2 Å². The number of amides is 1. The molecule has 126 valence electrons. The van der Waals surface area contributed by atoms with Gasteiger partial charge in [-0.3, -0.25) is 9.52 Å². The summed E-state index contributed by atoms with van der Waals surface area (Å²) in [5, 5.41) is 2.58. The molecule has 3 rings (SSSR count). The van der Waals surface area contributed by atoms with Gasteiger partial charge in [-0.15, -0.1) is 0 Å². The lowest BCUT2D eigenvalue weighted by Gasteiger charge is -2.19. The van der Waals surface area contributed by atoms with E-state index in [1.807, 2.05) is 19.1 Å². The Kier molecular flexibility index (Phi) is 4.38. The molecule has 0 fully saturated rings. The average Bonchev–Trinajstić information content (AvgIpc) is 2.54.